The molecule has 2 N–H and O–H groups in total. The summed E-state index contributed by atoms with van der Waals surface area (Å²) >= 11 is 0. The van der Waals surface area contributed by atoms with E-state index >= 15 is 0 Å². The van der Waals surface area contributed by atoms with Crippen molar-refractivity contribution in [3.8, 4) is 0 Å². The average Bonchev–Trinajstić information content (AvgIpc) is 2.98. The van der Waals surface area contributed by atoms with Crippen LogP contribution in [-0.2, 0) is 6.18 Å². The van der Waals surface area contributed by atoms with Crippen molar-refractivity contribution in [2.24, 2.45) is 0 Å². The molecule has 0 aliphatic heterocycles. The van der Waals surface area contributed by atoms with Crippen molar-refractivity contribution in [2.75, 3.05) is 6.54 Å². The standard InChI is InChI=1S/C15H15F3N4O3/c1-8(21-13(23)11-7-25-22-9(11)2)5-20-14(24)12-4-3-10(6-19-12)15(16,17)18/h3-4,6-8H,5H2,1-2H3,(H,20,24)(H,21,23)/t8-/m1/s1. The number of nitrogens with zero attached hydrogens (tertiary/aromatic N) is 2. The Balaban J connectivity index is 1.87. The number of halogens is 3. The van der Waals surface area contributed by atoms with Gasteiger partial charge in [-0.1, -0.05) is 5.16 Å². The van der Waals surface area contributed by atoms with E-state index in [4.69, 9.17) is 0 Å². The number of aromatic nitrogens is 2. The van der Waals surface area contributed by atoms with E-state index in [0.29, 0.717) is 11.9 Å². The zero-order valence-corrected chi connectivity index (χ0v) is 13.3. The number of carbonyl (C=O) groups is 2. The summed E-state index contributed by atoms with van der Waals surface area (Å²) in [5.41, 5.74) is -0.375. The number of pyridine rings is 1. The zero-order valence-electron chi connectivity index (χ0n) is 13.3. The SMILES string of the molecule is Cc1nocc1C(=O)N[C@H](C)CNC(=O)c1ccc(C(F)(F)F)cn1. The molecule has 2 amide bonds. The van der Waals surface area contributed by atoms with Crippen LogP contribution in [0.5, 0.6) is 0 Å². The number of hydrogen-bond donors (Lipinski definition) is 2. The maximum Gasteiger partial charge on any atom is 0.417 e. The van der Waals surface area contributed by atoms with E-state index in [1.54, 1.807) is 13.8 Å². The van der Waals surface area contributed by atoms with Crippen LogP contribution in [0.3, 0.4) is 0 Å². The predicted octanol–water partition coefficient (Wildman–Crippen LogP) is 1.95. The van der Waals surface area contributed by atoms with Gasteiger partial charge in [0.25, 0.3) is 11.8 Å². The van der Waals surface area contributed by atoms with Gasteiger partial charge in [0.1, 0.15) is 17.5 Å². The second kappa shape index (κ2) is 7.32. The molecule has 0 aliphatic rings. The molecule has 0 bridgehead atoms. The molecule has 10 heteroatoms. The molecular weight excluding hydrogens is 341 g/mol. The largest absolute Gasteiger partial charge is 0.417 e. The topological polar surface area (TPSA) is 97.1 Å². The van der Waals surface area contributed by atoms with Crippen molar-refractivity contribution in [1.82, 2.24) is 20.8 Å². The Morgan fingerprint density at radius 1 is 1.28 bits per heavy atom. The van der Waals surface area contributed by atoms with Crippen LogP contribution in [0.2, 0.25) is 0 Å². The van der Waals surface area contributed by atoms with Crippen LogP contribution >= 0.6 is 0 Å². The molecule has 134 valence electrons. The fourth-order valence-electron chi connectivity index (χ4n) is 1.90. The summed E-state index contributed by atoms with van der Waals surface area (Å²) in [4.78, 5) is 27.3. The number of hydrogen-bond acceptors (Lipinski definition) is 5. The van der Waals surface area contributed by atoms with Gasteiger partial charge in [0, 0.05) is 18.8 Å². The highest BCUT2D eigenvalue weighted by molar-refractivity contribution is 5.95. The third kappa shape index (κ3) is 4.78. The molecule has 0 saturated heterocycles. The third-order valence-corrected chi connectivity index (χ3v) is 3.26. The second-order valence-corrected chi connectivity index (χ2v) is 5.33. The van der Waals surface area contributed by atoms with Crippen LogP contribution in [0.25, 0.3) is 0 Å². The van der Waals surface area contributed by atoms with Gasteiger partial charge in [-0.2, -0.15) is 13.2 Å². The lowest BCUT2D eigenvalue weighted by molar-refractivity contribution is -0.137. The number of alkyl halides is 3. The monoisotopic (exact) mass is 356 g/mol. The Morgan fingerprint density at radius 3 is 2.52 bits per heavy atom. The summed E-state index contributed by atoms with van der Waals surface area (Å²) in [6.07, 6.45) is -2.71. The predicted molar refractivity (Wildman–Crippen MR) is 79.7 cm³/mol. The molecular formula is C15H15F3N4O3. The van der Waals surface area contributed by atoms with E-state index in [-0.39, 0.29) is 17.8 Å². The molecule has 7 nitrogen and oxygen atoms in total. The lowest BCUT2D eigenvalue weighted by atomic mass is 10.2. The van der Waals surface area contributed by atoms with Gasteiger partial charge in [-0.05, 0) is 26.0 Å². The molecule has 2 aromatic heterocycles. The molecule has 0 aromatic carbocycles. The summed E-state index contributed by atoms with van der Waals surface area (Å²) in [5, 5.41) is 8.71. The molecule has 2 heterocycles. The van der Waals surface area contributed by atoms with Crippen LogP contribution in [0, 0.1) is 6.92 Å². The summed E-state index contributed by atoms with van der Waals surface area (Å²) in [7, 11) is 0. The van der Waals surface area contributed by atoms with Crippen molar-refractivity contribution in [3.05, 3.63) is 47.1 Å². The number of rotatable bonds is 5. The maximum absolute atomic E-state index is 12.4. The summed E-state index contributed by atoms with van der Waals surface area (Å²) < 4.78 is 42.0. The van der Waals surface area contributed by atoms with Gasteiger partial charge >= 0.3 is 6.18 Å². The van der Waals surface area contributed by atoms with Gasteiger partial charge in [-0.15, -0.1) is 0 Å². The van der Waals surface area contributed by atoms with E-state index in [1.807, 2.05) is 0 Å². The molecule has 1 atom stereocenters. The molecule has 0 radical (unpaired) electrons. The molecule has 0 saturated carbocycles. The number of carbonyl (C=O) groups excluding carboxylic acids is 2. The molecule has 0 unspecified atom stereocenters. The van der Waals surface area contributed by atoms with Crippen molar-refractivity contribution < 1.29 is 27.3 Å². The highest BCUT2D eigenvalue weighted by Gasteiger charge is 2.30. The third-order valence-electron chi connectivity index (χ3n) is 3.26. The molecule has 2 rings (SSSR count). The summed E-state index contributed by atoms with van der Waals surface area (Å²) in [6.45, 7) is 3.33. The Kier molecular flexibility index (Phi) is 5.40. The lowest BCUT2D eigenvalue weighted by Crippen LogP contribution is -2.42. The Labute approximate surface area is 140 Å². The Bertz CT molecular complexity index is 756. The molecule has 25 heavy (non-hydrogen) atoms. The van der Waals surface area contributed by atoms with Crippen LogP contribution in [0.4, 0.5) is 13.2 Å². The van der Waals surface area contributed by atoms with E-state index in [2.05, 4.69) is 25.3 Å². The molecule has 2 aromatic rings. The van der Waals surface area contributed by atoms with Crippen molar-refractivity contribution >= 4 is 11.8 Å². The molecule has 0 fully saturated rings. The number of amides is 2. The van der Waals surface area contributed by atoms with Crippen molar-refractivity contribution in [3.63, 3.8) is 0 Å². The summed E-state index contributed by atoms with van der Waals surface area (Å²) in [6, 6.07) is 1.34. The van der Waals surface area contributed by atoms with Gasteiger partial charge < -0.3 is 15.2 Å². The zero-order chi connectivity index (χ0) is 18.6. The van der Waals surface area contributed by atoms with E-state index < -0.39 is 29.6 Å². The highest BCUT2D eigenvalue weighted by Crippen LogP contribution is 2.28. The van der Waals surface area contributed by atoms with Gasteiger partial charge in [0.2, 0.25) is 0 Å². The van der Waals surface area contributed by atoms with E-state index in [0.717, 1.165) is 12.1 Å². The fraction of sp³-hybridized carbons (Fsp3) is 0.333. The van der Waals surface area contributed by atoms with E-state index in [9.17, 15) is 22.8 Å². The first-order valence-electron chi connectivity index (χ1n) is 7.21. The molecule has 0 aliphatic carbocycles. The Hall–Kier alpha value is -2.91. The Morgan fingerprint density at radius 2 is 2.00 bits per heavy atom. The first-order valence-corrected chi connectivity index (χ1v) is 7.21. The first-order chi connectivity index (χ1) is 11.7. The minimum Gasteiger partial charge on any atom is -0.364 e. The lowest BCUT2D eigenvalue weighted by Gasteiger charge is -2.14. The summed E-state index contributed by atoms with van der Waals surface area (Å²) in [5.74, 6) is -1.05. The highest BCUT2D eigenvalue weighted by atomic mass is 19.4. The maximum atomic E-state index is 12.4. The minimum atomic E-state index is -4.51. The smallest absolute Gasteiger partial charge is 0.364 e. The van der Waals surface area contributed by atoms with Crippen molar-refractivity contribution in [1.29, 1.82) is 0 Å². The van der Waals surface area contributed by atoms with Gasteiger partial charge in [0.15, 0.2) is 0 Å². The van der Waals surface area contributed by atoms with E-state index in [1.165, 1.54) is 6.26 Å². The number of aryl methyl sites for hydroxylation is 1. The van der Waals surface area contributed by atoms with Crippen LogP contribution < -0.4 is 10.6 Å². The second-order valence-electron chi connectivity index (χ2n) is 5.33. The van der Waals surface area contributed by atoms with Gasteiger partial charge in [-0.25, -0.2) is 0 Å². The van der Waals surface area contributed by atoms with Crippen LogP contribution in [0.1, 0.15) is 39.0 Å². The first kappa shape index (κ1) is 18.4. The van der Waals surface area contributed by atoms with Gasteiger partial charge in [-0.3, -0.25) is 14.6 Å². The normalized spacial score (nSPS) is 12.5. The van der Waals surface area contributed by atoms with Crippen LogP contribution in [-0.4, -0.2) is 34.5 Å². The van der Waals surface area contributed by atoms with Crippen LogP contribution in [0.15, 0.2) is 29.1 Å². The van der Waals surface area contributed by atoms with Gasteiger partial charge in [0.05, 0.1) is 11.3 Å². The number of nitrogens with one attached hydrogen (secondary N) is 2. The quantitative estimate of drug-likeness (QED) is 0.853. The molecule has 0 spiro atoms. The van der Waals surface area contributed by atoms with Crippen molar-refractivity contribution in [2.45, 2.75) is 26.1 Å². The minimum absolute atomic E-state index is 0.0671. The average molecular weight is 356 g/mol. The fourth-order valence-corrected chi connectivity index (χ4v) is 1.90.